The molecule has 0 saturated carbocycles. The predicted molar refractivity (Wildman–Crippen MR) is 160 cm³/mol. The zero-order valence-corrected chi connectivity index (χ0v) is 25.0. The summed E-state index contributed by atoms with van der Waals surface area (Å²) in [7, 11) is 0. The molecule has 0 bridgehead atoms. The molecule has 1 heterocycles. The molecule has 0 saturated heterocycles. The Kier molecular flexibility index (Phi) is 14.1. The zero-order chi connectivity index (χ0) is 33.7. The molecule has 0 aliphatic carbocycles. The first kappa shape index (κ1) is 36.4. The number of carboxylic acids is 1. The summed E-state index contributed by atoms with van der Waals surface area (Å²) >= 11 is 0. The van der Waals surface area contributed by atoms with Gasteiger partial charge in [0.25, 0.3) is 0 Å². The number of hydrogen-bond acceptors (Lipinski definition) is 10. The number of ether oxygens (including phenoxy) is 1. The third-order valence-electron chi connectivity index (χ3n) is 6.61. The van der Waals surface area contributed by atoms with E-state index in [9.17, 15) is 44.1 Å². The zero-order valence-electron chi connectivity index (χ0n) is 25.0. The number of hydrogen-bond donors (Lipinski definition) is 8. The van der Waals surface area contributed by atoms with Crippen molar-refractivity contribution in [3.63, 3.8) is 0 Å². The largest absolute Gasteiger partial charge is 0.478 e. The molecule has 246 valence electrons. The molecule has 1 aliphatic rings. The van der Waals surface area contributed by atoms with Gasteiger partial charge < -0.3 is 47.5 Å². The second-order valence-corrected chi connectivity index (χ2v) is 10.6. The van der Waals surface area contributed by atoms with Crippen molar-refractivity contribution in [3.05, 3.63) is 41.7 Å². The molecule has 0 radical (unpaired) electrons. The van der Waals surface area contributed by atoms with E-state index >= 15 is 0 Å². The van der Waals surface area contributed by atoms with E-state index in [-0.39, 0.29) is 49.6 Å². The highest BCUT2D eigenvalue weighted by atomic mass is 16.5. The van der Waals surface area contributed by atoms with Gasteiger partial charge in [0.1, 0.15) is 29.9 Å². The van der Waals surface area contributed by atoms with Gasteiger partial charge in [-0.05, 0) is 43.5 Å². The van der Waals surface area contributed by atoms with Crippen molar-refractivity contribution in [2.45, 2.75) is 82.8 Å². The smallest absolute Gasteiger partial charge is 0.370 e. The van der Waals surface area contributed by atoms with Gasteiger partial charge in [0.05, 0.1) is 18.5 Å². The average Bonchev–Trinajstić information content (AvgIpc) is 2.95. The number of amides is 3. The Morgan fingerprint density at radius 3 is 2.20 bits per heavy atom. The number of nitrogens with two attached hydrogens (primary N) is 2. The van der Waals surface area contributed by atoms with Gasteiger partial charge in [-0.25, -0.2) is 9.79 Å². The van der Waals surface area contributed by atoms with Gasteiger partial charge in [0.15, 0.2) is 5.96 Å². The number of anilines is 1. The summed E-state index contributed by atoms with van der Waals surface area (Å²) < 4.78 is 5.35. The molecule has 5 atom stereocenters. The molecule has 0 fully saturated rings. The van der Waals surface area contributed by atoms with Crippen LogP contribution >= 0.6 is 0 Å². The minimum atomic E-state index is -1.79. The molecule has 1 aromatic carbocycles. The fraction of sp³-hybridized carbons (Fsp3) is 0.483. The van der Waals surface area contributed by atoms with Crippen LogP contribution in [0, 0.1) is 0 Å². The molecule has 10 N–H and O–H groups in total. The number of aliphatic hydroxyl groups is 2. The monoisotopic (exact) mass is 632 g/mol. The van der Waals surface area contributed by atoms with E-state index in [2.05, 4.69) is 20.9 Å². The molecule has 1 aromatic rings. The highest BCUT2D eigenvalue weighted by molar-refractivity contribution is 5.98. The van der Waals surface area contributed by atoms with Crippen molar-refractivity contribution in [3.8, 4) is 0 Å². The topological polar surface area (TPSA) is 273 Å². The number of nitrogens with zero attached hydrogens (tertiary/aromatic N) is 1. The first-order chi connectivity index (χ1) is 21.2. The van der Waals surface area contributed by atoms with Crippen LogP contribution in [0.1, 0.15) is 51.5 Å². The second kappa shape index (κ2) is 17.5. The van der Waals surface area contributed by atoms with Gasteiger partial charge in [-0.2, -0.15) is 0 Å². The van der Waals surface area contributed by atoms with E-state index < -0.39 is 66.4 Å². The van der Waals surface area contributed by atoms with Gasteiger partial charge in [0, 0.05) is 38.4 Å². The number of aliphatic carboxylic acids is 1. The minimum absolute atomic E-state index is 0.0185. The molecule has 0 spiro atoms. The van der Waals surface area contributed by atoms with Crippen LogP contribution in [0.2, 0.25) is 0 Å². The normalized spacial score (nSPS) is 18.7. The maximum atomic E-state index is 12.3. The summed E-state index contributed by atoms with van der Waals surface area (Å²) in [5.41, 5.74) is 12.3. The third kappa shape index (κ3) is 12.7. The molecular formula is C29H40N6O10. The van der Waals surface area contributed by atoms with Gasteiger partial charge in [-0.15, -0.1) is 0 Å². The first-order valence-electron chi connectivity index (χ1n) is 14.2. The molecule has 3 amide bonds. The van der Waals surface area contributed by atoms with Crippen molar-refractivity contribution in [1.82, 2.24) is 10.6 Å². The lowest BCUT2D eigenvalue weighted by Crippen LogP contribution is -2.60. The fourth-order valence-electron chi connectivity index (χ4n) is 4.49. The van der Waals surface area contributed by atoms with E-state index in [0.717, 1.165) is 11.6 Å². The number of nitrogens with one attached hydrogen (secondary N) is 3. The van der Waals surface area contributed by atoms with Crippen molar-refractivity contribution in [1.29, 1.82) is 0 Å². The average molecular weight is 633 g/mol. The lowest BCUT2D eigenvalue weighted by Gasteiger charge is -2.38. The van der Waals surface area contributed by atoms with Crippen molar-refractivity contribution in [2.75, 3.05) is 11.9 Å². The second-order valence-electron chi connectivity index (χ2n) is 10.6. The number of aliphatic hydroxyl groups excluding tert-OH is 2. The van der Waals surface area contributed by atoms with Crippen molar-refractivity contribution < 1.29 is 48.8 Å². The Morgan fingerprint density at radius 2 is 1.62 bits per heavy atom. The Labute approximate surface area is 259 Å². The lowest BCUT2D eigenvalue weighted by atomic mass is 9.92. The Balaban J connectivity index is 1.83. The maximum absolute atomic E-state index is 12.3. The molecule has 2 rings (SSSR count). The van der Waals surface area contributed by atoms with Crippen LogP contribution in [0.3, 0.4) is 0 Å². The third-order valence-corrected chi connectivity index (χ3v) is 6.61. The predicted octanol–water partition coefficient (Wildman–Crippen LogP) is -1.37. The summed E-state index contributed by atoms with van der Waals surface area (Å²) in [5, 5.41) is 38.4. The Bertz CT molecular complexity index is 1310. The molecule has 1 unspecified atom stereocenters. The van der Waals surface area contributed by atoms with E-state index in [4.69, 9.17) is 16.2 Å². The van der Waals surface area contributed by atoms with E-state index in [1.54, 1.807) is 24.3 Å². The standard InChI is InChI=1S/C29H40N6O10/c1-15(36)12-19(38)11-8-17-6-9-18(10-7-17)34-24(41)5-3-4-23(40)32-14-21(39)26(42)27-25(33-16(2)37)20(35-29(30)31)13-22(45-27)28(43)44/h6-7,9-10,13,20-21,25-27,39,42H,3-5,8,11-12,14H2,1-2H3,(H,32,40)(H,33,37)(H,34,41)(H,43,44)(H4,30,31,35)/t20-,21+,25+,26+,27?/m0/s1. The summed E-state index contributed by atoms with van der Waals surface area (Å²) in [6.45, 7) is 2.08. The highest BCUT2D eigenvalue weighted by Crippen LogP contribution is 2.25. The number of carboxylic acid groups (broad SMARTS) is 1. The first-order valence-corrected chi connectivity index (χ1v) is 14.2. The van der Waals surface area contributed by atoms with Crippen LogP contribution in [0.25, 0.3) is 0 Å². The number of guanidine groups is 1. The van der Waals surface area contributed by atoms with Crippen molar-refractivity contribution >= 4 is 46.9 Å². The molecule has 16 nitrogen and oxygen atoms in total. The lowest BCUT2D eigenvalue weighted by molar-refractivity contribution is -0.144. The number of carbonyl (C=O) groups excluding carboxylic acids is 5. The van der Waals surface area contributed by atoms with E-state index in [0.29, 0.717) is 12.1 Å². The number of rotatable bonds is 17. The molecule has 0 aromatic heterocycles. The quantitative estimate of drug-likeness (QED) is 0.0561. The maximum Gasteiger partial charge on any atom is 0.370 e. The number of aliphatic imine (C=N–C) groups is 1. The molecule has 1 aliphatic heterocycles. The van der Waals surface area contributed by atoms with Crippen LogP contribution in [0.5, 0.6) is 0 Å². The van der Waals surface area contributed by atoms with Gasteiger partial charge >= 0.3 is 5.97 Å². The fourth-order valence-corrected chi connectivity index (χ4v) is 4.49. The number of Topliss-reactive ketones (excluding diaryl/α,β-unsaturated/α-hetero) is 2. The minimum Gasteiger partial charge on any atom is -0.478 e. The Morgan fingerprint density at radius 1 is 0.978 bits per heavy atom. The summed E-state index contributed by atoms with van der Waals surface area (Å²) in [5.74, 6) is -4.26. The van der Waals surface area contributed by atoms with Crippen molar-refractivity contribution in [2.24, 2.45) is 16.5 Å². The number of ketones is 2. The number of aryl methyl sites for hydroxylation is 1. The summed E-state index contributed by atoms with van der Waals surface area (Å²) in [6.07, 6.45) is -3.13. The van der Waals surface area contributed by atoms with E-state index in [1.807, 2.05) is 0 Å². The number of benzene rings is 1. The molecule has 16 heteroatoms. The van der Waals surface area contributed by atoms with Gasteiger partial charge in [0.2, 0.25) is 23.5 Å². The molecule has 45 heavy (non-hydrogen) atoms. The highest BCUT2D eigenvalue weighted by Gasteiger charge is 2.43. The Hall–Kier alpha value is -4.83. The molecular weight excluding hydrogens is 592 g/mol. The van der Waals surface area contributed by atoms with Crippen LogP contribution in [-0.2, 0) is 39.9 Å². The van der Waals surface area contributed by atoms with Crippen LogP contribution in [0.4, 0.5) is 5.69 Å². The summed E-state index contributed by atoms with van der Waals surface area (Å²) in [6, 6.07) is 4.59. The van der Waals surface area contributed by atoms with E-state index in [1.165, 1.54) is 13.8 Å². The SMILES string of the molecule is CC(=O)CC(=O)CCc1ccc(NC(=O)CCCC(=O)NC[C@@H](O)[C@@H](O)C2OC(C(=O)O)=C[C@H](N=C(N)N)[C@H]2NC(C)=O)cc1. The van der Waals surface area contributed by atoms with Gasteiger partial charge in [-0.1, -0.05) is 12.1 Å². The van der Waals surface area contributed by atoms with Crippen LogP contribution in [0.15, 0.2) is 41.1 Å². The van der Waals surface area contributed by atoms with Gasteiger partial charge in [-0.3, -0.25) is 24.0 Å². The number of carbonyl (C=O) groups is 6. The summed E-state index contributed by atoms with van der Waals surface area (Å²) in [4.78, 5) is 74.6. The van der Waals surface area contributed by atoms with Crippen LogP contribution < -0.4 is 27.4 Å². The van der Waals surface area contributed by atoms with Crippen LogP contribution in [-0.4, -0.2) is 93.5 Å².